The van der Waals surface area contributed by atoms with Crippen LogP contribution >= 0.6 is 11.3 Å². The minimum Gasteiger partial charge on any atom is -0.435 e. The first-order valence-electron chi connectivity index (χ1n) is 11.1. The molecule has 5 rings (SSSR count). The normalized spacial score (nSPS) is 14.4. The SMILES string of the molecule is O=C(Nc1nc(CN2CCOCC2)cs1)c1ccc2cccc(-c3cccc(OC(F)F)c3)c2n1. The molecule has 35 heavy (non-hydrogen) atoms. The number of anilines is 1. The lowest BCUT2D eigenvalue weighted by molar-refractivity contribution is -0.0498. The van der Waals surface area contributed by atoms with Crippen molar-refractivity contribution >= 4 is 33.3 Å². The van der Waals surface area contributed by atoms with E-state index in [1.54, 1.807) is 18.2 Å². The number of rotatable bonds is 7. The molecule has 0 saturated carbocycles. The number of amides is 1. The standard InChI is InChI=1S/C25H22F2N4O3S/c26-24(27)34-19-5-1-4-17(13-19)20-6-2-3-16-7-8-21(29-22(16)20)23(32)30-25-28-18(15-35-25)14-31-9-11-33-12-10-31/h1-8,13,15,24H,9-12,14H2,(H,28,30,32). The lowest BCUT2D eigenvalue weighted by Crippen LogP contribution is -2.35. The molecule has 0 bridgehead atoms. The molecule has 2 aromatic heterocycles. The Morgan fingerprint density at radius 3 is 2.77 bits per heavy atom. The van der Waals surface area contributed by atoms with E-state index in [-0.39, 0.29) is 17.4 Å². The van der Waals surface area contributed by atoms with Gasteiger partial charge in [0.25, 0.3) is 5.91 Å². The molecule has 7 nitrogen and oxygen atoms in total. The third-order valence-electron chi connectivity index (χ3n) is 5.58. The average molecular weight is 497 g/mol. The molecule has 10 heteroatoms. The van der Waals surface area contributed by atoms with Crippen LogP contribution in [0.5, 0.6) is 5.75 Å². The summed E-state index contributed by atoms with van der Waals surface area (Å²) in [6.07, 6.45) is 0. The molecule has 0 spiro atoms. The number of morpholine rings is 1. The van der Waals surface area contributed by atoms with Gasteiger partial charge in [-0.1, -0.05) is 36.4 Å². The van der Waals surface area contributed by atoms with Gasteiger partial charge in [0.15, 0.2) is 5.13 Å². The maximum Gasteiger partial charge on any atom is 0.387 e. The van der Waals surface area contributed by atoms with Crippen LogP contribution in [0.2, 0.25) is 0 Å². The third kappa shape index (κ3) is 5.61. The number of hydrogen-bond acceptors (Lipinski definition) is 7. The van der Waals surface area contributed by atoms with E-state index in [9.17, 15) is 13.6 Å². The molecule has 0 atom stereocenters. The molecular formula is C25H22F2N4O3S. The molecule has 0 radical (unpaired) electrons. The summed E-state index contributed by atoms with van der Waals surface area (Å²) in [6, 6.07) is 15.4. The smallest absolute Gasteiger partial charge is 0.387 e. The van der Waals surface area contributed by atoms with Crippen LogP contribution in [0, 0.1) is 0 Å². The fourth-order valence-corrected chi connectivity index (χ4v) is 4.63. The number of nitrogens with zero attached hydrogens (tertiary/aromatic N) is 3. The van der Waals surface area contributed by atoms with Gasteiger partial charge in [0, 0.05) is 36.0 Å². The summed E-state index contributed by atoms with van der Waals surface area (Å²) in [5.74, 6) is -0.316. The van der Waals surface area contributed by atoms with E-state index < -0.39 is 6.61 Å². The number of carbonyl (C=O) groups excluding carboxylic acids is 1. The van der Waals surface area contributed by atoms with Crippen LogP contribution in [0.4, 0.5) is 13.9 Å². The van der Waals surface area contributed by atoms with Crippen LogP contribution in [0.25, 0.3) is 22.0 Å². The molecule has 4 aromatic rings. The van der Waals surface area contributed by atoms with E-state index in [1.165, 1.54) is 23.5 Å². The first kappa shape index (κ1) is 23.3. The zero-order chi connectivity index (χ0) is 24.2. The van der Waals surface area contributed by atoms with Crippen molar-refractivity contribution in [3.8, 4) is 16.9 Å². The van der Waals surface area contributed by atoms with E-state index in [2.05, 4.69) is 24.9 Å². The number of ether oxygens (including phenoxy) is 2. The van der Waals surface area contributed by atoms with Gasteiger partial charge in [0.05, 0.1) is 24.4 Å². The predicted octanol–water partition coefficient (Wildman–Crippen LogP) is 5.04. The summed E-state index contributed by atoms with van der Waals surface area (Å²) >= 11 is 1.37. The van der Waals surface area contributed by atoms with Crippen LogP contribution in [0.3, 0.4) is 0 Å². The number of alkyl halides is 2. The van der Waals surface area contributed by atoms with Gasteiger partial charge in [-0.3, -0.25) is 15.0 Å². The second kappa shape index (κ2) is 10.4. The Balaban J connectivity index is 1.36. The van der Waals surface area contributed by atoms with Crippen molar-refractivity contribution in [3.63, 3.8) is 0 Å². The Hall–Kier alpha value is -3.47. The number of aromatic nitrogens is 2. The van der Waals surface area contributed by atoms with Crippen molar-refractivity contribution in [2.45, 2.75) is 13.2 Å². The molecular weight excluding hydrogens is 474 g/mol. The van der Waals surface area contributed by atoms with E-state index in [4.69, 9.17) is 4.74 Å². The highest BCUT2D eigenvalue weighted by atomic mass is 32.1. The first-order valence-corrected chi connectivity index (χ1v) is 11.9. The first-order chi connectivity index (χ1) is 17.0. The molecule has 1 fully saturated rings. The summed E-state index contributed by atoms with van der Waals surface area (Å²) in [6.45, 7) is 0.951. The molecule has 0 aliphatic carbocycles. The summed E-state index contributed by atoms with van der Waals surface area (Å²) in [7, 11) is 0. The molecule has 1 aliphatic heterocycles. The van der Waals surface area contributed by atoms with Gasteiger partial charge in [0.1, 0.15) is 11.4 Å². The van der Waals surface area contributed by atoms with E-state index in [1.807, 2.05) is 29.6 Å². The zero-order valence-electron chi connectivity index (χ0n) is 18.6. The van der Waals surface area contributed by atoms with Crippen molar-refractivity contribution in [1.29, 1.82) is 0 Å². The number of nitrogens with one attached hydrogen (secondary N) is 1. The van der Waals surface area contributed by atoms with E-state index in [0.29, 0.717) is 41.5 Å². The van der Waals surface area contributed by atoms with Crippen LogP contribution in [-0.2, 0) is 11.3 Å². The van der Waals surface area contributed by atoms with Crippen LogP contribution in [-0.4, -0.2) is 53.7 Å². The number of fused-ring (bicyclic) bond motifs is 1. The molecule has 1 amide bonds. The molecule has 1 N–H and O–H groups in total. The second-order valence-corrected chi connectivity index (χ2v) is 8.82. The molecule has 2 aromatic carbocycles. The number of carbonyl (C=O) groups is 1. The lowest BCUT2D eigenvalue weighted by atomic mass is 10.0. The molecule has 1 aliphatic rings. The number of hydrogen-bond donors (Lipinski definition) is 1. The maximum atomic E-state index is 12.9. The predicted molar refractivity (Wildman–Crippen MR) is 130 cm³/mol. The highest BCUT2D eigenvalue weighted by Gasteiger charge is 2.16. The minimum atomic E-state index is -2.91. The van der Waals surface area contributed by atoms with Crippen LogP contribution < -0.4 is 10.1 Å². The van der Waals surface area contributed by atoms with Gasteiger partial charge in [-0.05, 0) is 23.8 Å². The summed E-state index contributed by atoms with van der Waals surface area (Å²) in [5, 5.41) is 6.09. The fourth-order valence-electron chi connectivity index (χ4n) is 3.93. The second-order valence-electron chi connectivity index (χ2n) is 7.97. The topological polar surface area (TPSA) is 76.6 Å². The van der Waals surface area contributed by atoms with Crippen molar-refractivity contribution in [1.82, 2.24) is 14.9 Å². The summed E-state index contributed by atoms with van der Waals surface area (Å²) in [5.41, 5.74) is 3.08. The van der Waals surface area contributed by atoms with Gasteiger partial charge >= 0.3 is 6.61 Å². The van der Waals surface area contributed by atoms with Gasteiger partial charge in [-0.15, -0.1) is 11.3 Å². The van der Waals surface area contributed by atoms with Gasteiger partial charge in [0.2, 0.25) is 0 Å². The quantitative estimate of drug-likeness (QED) is 0.386. The third-order valence-corrected chi connectivity index (χ3v) is 6.39. The van der Waals surface area contributed by atoms with E-state index in [0.717, 1.165) is 24.2 Å². The monoisotopic (exact) mass is 496 g/mol. The van der Waals surface area contributed by atoms with Crippen LogP contribution in [0.1, 0.15) is 16.2 Å². The van der Waals surface area contributed by atoms with Crippen molar-refractivity contribution < 1.29 is 23.0 Å². The maximum absolute atomic E-state index is 12.9. The largest absolute Gasteiger partial charge is 0.435 e. The summed E-state index contributed by atoms with van der Waals surface area (Å²) < 4.78 is 35.2. The zero-order valence-corrected chi connectivity index (χ0v) is 19.4. The Labute approximate surface area is 204 Å². The van der Waals surface area contributed by atoms with Gasteiger partial charge < -0.3 is 9.47 Å². The number of pyridine rings is 1. The fraction of sp³-hybridized carbons (Fsp3) is 0.240. The number of halogens is 2. The molecule has 1 saturated heterocycles. The minimum absolute atomic E-state index is 0.0556. The Morgan fingerprint density at radius 2 is 1.94 bits per heavy atom. The van der Waals surface area contributed by atoms with Crippen molar-refractivity contribution in [2.24, 2.45) is 0 Å². The van der Waals surface area contributed by atoms with Crippen LogP contribution in [0.15, 0.2) is 60.0 Å². The Kier molecular flexibility index (Phi) is 6.94. The lowest BCUT2D eigenvalue weighted by Gasteiger charge is -2.25. The Morgan fingerprint density at radius 1 is 1.11 bits per heavy atom. The van der Waals surface area contributed by atoms with E-state index >= 15 is 0 Å². The van der Waals surface area contributed by atoms with Gasteiger partial charge in [-0.2, -0.15) is 8.78 Å². The number of para-hydroxylation sites is 1. The van der Waals surface area contributed by atoms with Crippen molar-refractivity contribution in [2.75, 3.05) is 31.6 Å². The highest BCUT2D eigenvalue weighted by molar-refractivity contribution is 7.14. The average Bonchev–Trinajstić information content (AvgIpc) is 3.30. The summed E-state index contributed by atoms with van der Waals surface area (Å²) in [4.78, 5) is 24.3. The molecule has 180 valence electrons. The number of thiazole rings is 1. The Bertz CT molecular complexity index is 1340. The van der Waals surface area contributed by atoms with Gasteiger partial charge in [-0.25, -0.2) is 9.97 Å². The van der Waals surface area contributed by atoms with Crippen molar-refractivity contribution in [3.05, 3.63) is 71.4 Å². The molecule has 0 unspecified atom stereocenters. The number of benzene rings is 2. The highest BCUT2D eigenvalue weighted by Crippen LogP contribution is 2.30. The molecule has 3 heterocycles.